The number of sulfone groups is 1. The van der Waals surface area contributed by atoms with Crippen LogP contribution in [0.25, 0.3) is 10.8 Å². The molecular formula is C24H23NO7S. The summed E-state index contributed by atoms with van der Waals surface area (Å²) in [5, 5.41) is 4.22. The van der Waals surface area contributed by atoms with E-state index in [1.807, 2.05) is 24.3 Å². The number of benzene rings is 3. The predicted molar refractivity (Wildman–Crippen MR) is 123 cm³/mol. The first kappa shape index (κ1) is 23.9. The summed E-state index contributed by atoms with van der Waals surface area (Å²) >= 11 is 0. The highest BCUT2D eigenvalue weighted by molar-refractivity contribution is 7.91. The van der Waals surface area contributed by atoms with Gasteiger partial charge in [0.05, 0.1) is 29.2 Å². The molecule has 0 atom stereocenters. The number of rotatable bonds is 9. The van der Waals surface area contributed by atoms with Gasteiger partial charge in [0.1, 0.15) is 0 Å². The number of carbonyl (C=O) groups excluding carboxylic acids is 3. The number of nitrogens with one attached hydrogen (secondary N) is 1. The average Bonchev–Trinajstić information content (AvgIpc) is 2.81. The van der Waals surface area contributed by atoms with Gasteiger partial charge in [-0.3, -0.25) is 9.59 Å². The van der Waals surface area contributed by atoms with Crippen LogP contribution in [0, 0.1) is 0 Å². The summed E-state index contributed by atoms with van der Waals surface area (Å²) in [7, 11) is -3.69. The maximum absolute atomic E-state index is 12.6. The van der Waals surface area contributed by atoms with Crippen LogP contribution in [0.4, 0.5) is 5.69 Å². The van der Waals surface area contributed by atoms with Gasteiger partial charge in [0.25, 0.3) is 5.91 Å². The van der Waals surface area contributed by atoms with Crippen molar-refractivity contribution in [3.63, 3.8) is 0 Å². The van der Waals surface area contributed by atoms with Gasteiger partial charge in [-0.15, -0.1) is 0 Å². The fraction of sp³-hybridized carbons (Fsp3) is 0.208. The van der Waals surface area contributed by atoms with Crippen LogP contribution in [-0.4, -0.2) is 45.2 Å². The molecule has 0 radical (unpaired) electrons. The summed E-state index contributed by atoms with van der Waals surface area (Å²) < 4.78 is 34.9. The van der Waals surface area contributed by atoms with Crippen LogP contribution in [0.3, 0.4) is 0 Å². The van der Waals surface area contributed by atoms with Crippen molar-refractivity contribution in [2.45, 2.75) is 18.2 Å². The minimum absolute atomic E-state index is 0.123. The molecule has 0 saturated heterocycles. The minimum Gasteiger partial charge on any atom is -0.462 e. The molecule has 0 unspecified atom stereocenters. The molecule has 0 aromatic heterocycles. The Morgan fingerprint density at radius 1 is 0.879 bits per heavy atom. The average molecular weight is 470 g/mol. The monoisotopic (exact) mass is 469 g/mol. The topological polar surface area (TPSA) is 116 Å². The standard InChI is InChI=1S/C24H23NO7S/c1-2-31-24(28)18-7-10-20(11-8-18)25-22(26)16-32-23(27)13-14-33(29,30)21-12-9-17-5-3-4-6-19(17)15-21/h3-12,15H,2,13-14,16H2,1H3,(H,25,26). The lowest BCUT2D eigenvalue weighted by Crippen LogP contribution is -2.22. The van der Waals surface area contributed by atoms with E-state index in [1.165, 1.54) is 30.3 Å². The van der Waals surface area contributed by atoms with Crippen LogP contribution in [-0.2, 0) is 28.9 Å². The van der Waals surface area contributed by atoms with Crippen molar-refractivity contribution in [1.82, 2.24) is 0 Å². The van der Waals surface area contributed by atoms with Crippen LogP contribution in [0.15, 0.2) is 71.6 Å². The Bertz CT molecular complexity index is 1270. The van der Waals surface area contributed by atoms with Gasteiger partial charge in [-0.25, -0.2) is 13.2 Å². The Hall–Kier alpha value is -3.72. The first-order chi connectivity index (χ1) is 15.8. The van der Waals surface area contributed by atoms with Crippen molar-refractivity contribution in [3.8, 4) is 0 Å². The third kappa shape index (κ3) is 6.63. The van der Waals surface area contributed by atoms with Gasteiger partial charge in [0.15, 0.2) is 16.4 Å². The summed E-state index contributed by atoms with van der Waals surface area (Å²) in [5.74, 6) is -2.29. The predicted octanol–water partition coefficient (Wildman–Crippen LogP) is 3.36. The molecule has 3 aromatic rings. The molecule has 0 fully saturated rings. The van der Waals surface area contributed by atoms with Gasteiger partial charge in [-0.2, -0.15) is 0 Å². The lowest BCUT2D eigenvalue weighted by atomic mass is 10.1. The fourth-order valence-corrected chi connectivity index (χ4v) is 4.27. The summed E-state index contributed by atoms with van der Waals surface area (Å²) in [6.45, 7) is 1.40. The van der Waals surface area contributed by atoms with Crippen LogP contribution < -0.4 is 5.32 Å². The van der Waals surface area contributed by atoms with E-state index in [9.17, 15) is 22.8 Å². The van der Waals surface area contributed by atoms with Crippen LogP contribution in [0.1, 0.15) is 23.7 Å². The molecule has 0 spiro atoms. The molecule has 0 aliphatic rings. The fourth-order valence-electron chi connectivity index (χ4n) is 3.02. The highest BCUT2D eigenvalue weighted by Gasteiger charge is 2.18. The third-order valence-electron chi connectivity index (χ3n) is 4.70. The largest absolute Gasteiger partial charge is 0.462 e. The molecule has 0 saturated carbocycles. The van der Waals surface area contributed by atoms with Gasteiger partial charge in [0.2, 0.25) is 0 Å². The Morgan fingerprint density at radius 3 is 2.27 bits per heavy atom. The van der Waals surface area contributed by atoms with Crippen molar-refractivity contribution in [2.24, 2.45) is 0 Å². The lowest BCUT2D eigenvalue weighted by molar-refractivity contribution is -0.146. The first-order valence-electron chi connectivity index (χ1n) is 10.2. The van der Waals surface area contributed by atoms with Crippen molar-refractivity contribution in [3.05, 3.63) is 72.3 Å². The van der Waals surface area contributed by atoms with Gasteiger partial charge in [-0.1, -0.05) is 30.3 Å². The Morgan fingerprint density at radius 2 is 1.58 bits per heavy atom. The molecule has 0 aliphatic carbocycles. The zero-order chi connectivity index (χ0) is 23.8. The van der Waals surface area contributed by atoms with Crippen molar-refractivity contribution < 1.29 is 32.3 Å². The lowest BCUT2D eigenvalue weighted by Gasteiger charge is -2.08. The van der Waals surface area contributed by atoms with E-state index in [0.717, 1.165) is 10.8 Å². The summed E-state index contributed by atoms with van der Waals surface area (Å²) in [6.07, 6.45) is -0.378. The maximum atomic E-state index is 12.6. The number of anilines is 1. The number of amides is 1. The molecule has 172 valence electrons. The second-order valence-corrected chi connectivity index (χ2v) is 9.19. The van der Waals surface area contributed by atoms with E-state index >= 15 is 0 Å². The second kappa shape index (κ2) is 10.7. The molecule has 1 amide bonds. The number of ether oxygens (including phenoxy) is 2. The summed E-state index contributed by atoms with van der Waals surface area (Å²) in [5.41, 5.74) is 0.747. The third-order valence-corrected chi connectivity index (χ3v) is 6.41. The van der Waals surface area contributed by atoms with Crippen LogP contribution >= 0.6 is 0 Å². The molecule has 1 N–H and O–H groups in total. The van der Waals surface area contributed by atoms with E-state index in [4.69, 9.17) is 9.47 Å². The molecule has 3 aromatic carbocycles. The van der Waals surface area contributed by atoms with Gasteiger partial charge < -0.3 is 14.8 Å². The van der Waals surface area contributed by atoms with Gasteiger partial charge >= 0.3 is 11.9 Å². The number of carbonyl (C=O) groups is 3. The molecule has 3 rings (SSSR count). The van der Waals surface area contributed by atoms with Crippen molar-refractivity contribution in [2.75, 3.05) is 24.3 Å². The Balaban J connectivity index is 1.47. The highest BCUT2D eigenvalue weighted by Crippen LogP contribution is 2.20. The molecule has 0 aliphatic heterocycles. The van der Waals surface area contributed by atoms with Gasteiger partial charge in [0, 0.05) is 5.69 Å². The van der Waals surface area contributed by atoms with Crippen molar-refractivity contribution >= 4 is 44.1 Å². The van der Waals surface area contributed by atoms with E-state index in [0.29, 0.717) is 11.3 Å². The van der Waals surface area contributed by atoms with Crippen LogP contribution in [0.5, 0.6) is 0 Å². The molecule has 8 nitrogen and oxygen atoms in total. The van der Waals surface area contributed by atoms with E-state index in [-0.39, 0.29) is 17.9 Å². The number of esters is 2. The van der Waals surface area contributed by atoms with E-state index < -0.39 is 40.0 Å². The van der Waals surface area contributed by atoms with Gasteiger partial charge in [-0.05, 0) is 54.1 Å². The number of hydrogen-bond donors (Lipinski definition) is 1. The number of fused-ring (bicyclic) bond motifs is 1. The van der Waals surface area contributed by atoms with E-state index in [1.54, 1.807) is 19.1 Å². The highest BCUT2D eigenvalue weighted by atomic mass is 32.2. The van der Waals surface area contributed by atoms with E-state index in [2.05, 4.69) is 5.32 Å². The van der Waals surface area contributed by atoms with Crippen molar-refractivity contribution in [1.29, 1.82) is 0 Å². The maximum Gasteiger partial charge on any atom is 0.338 e. The second-order valence-electron chi connectivity index (χ2n) is 7.08. The quantitative estimate of drug-likeness (QED) is 0.478. The number of hydrogen-bond acceptors (Lipinski definition) is 7. The zero-order valence-electron chi connectivity index (χ0n) is 17.9. The SMILES string of the molecule is CCOC(=O)c1ccc(NC(=O)COC(=O)CCS(=O)(=O)c2ccc3ccccc3c2)cc1. The molecular weight excluding hydrogens is 446 g/mol. The smallest absolute Gasteiger partial charge is 0.338 e. The molecule has 0 heterocycles. The molecule has 9 heteroatoms. The minimum atomic E-state index is -3.69. The Labute approximate surface area is 191 Å². The Kier molecular flexibility index (Phi) is 7.78. The summed E-state index contributed by atoms with van der Waals surface area (Å²) in [6, 6.07) is 18.2. The normalized spacial score (nSPS) is 11.1. The first-order valence-corrected chi connectivity index (χ1v) is 11.9. The summed E-state index contributed by atoms with van der Waals surface area (Å²) in [4.78, 5) is 35.7. The zero-order valence-corrected chi connectivity index (χ0v) is 18.8. The molecule has 33 heavy (non-hydrogen) atoms. The molecule has 0 bridgehead atoms. The van der Waals surface area contributed by atoms with Crippen LogP contribution in [0.2, 0.25) is 0 Å².